The molecule has 5 nitrogen and oxygen atoms in total. The molecule has 190 valence electrons. The highest BCUT2D eigenvalue weighted by Gasteiger charge is 2.32. The van der Waals surface area contributed by atoms with Crippen molar-refractivity contribution in [3.63, 3.8) is 0 Å². The first-order chi connectivity index (χ1) is 16.2. The van der Waals surface area contributed by atoms with Crippen LogP contribution in [0.4, 0.5) is 13.2 Å². The summed E-state index contributed by atoms with van der Waals surface area (Å²) in [6.45, 7) is 10.7. The van der Waals surface area contributed by atoms with Gasteiger partial charge in [0, 0.05) is 23.0 Å². The molecule has 1 aliphatic rings. The zero-order valence-corrected chi connectivity index (χ0v) is 20.9. The lowest BCUT2D eigenvalue weighted by Gasteiger charge is -2.20. The Morgan fingerprint density at radius 3 is 2.43 bits per heavy atom. The van der Waals surface area contributed by atoms with Crippen LogP contribution >= 0.6 is 0 Å². The lowest BCUT2D eigenvalue weighted by molar-refractivity contribution is -0.137. The van der Waals surface area contributed by atoms with E-state index in [-0.39, 0.29) is 23.9 Å². The first-order valence-electron chi connectivity index (χ1n) is 11.9. The summed E-state index contributed by atoms with van der Waals surface area (Å²) in [5.41, 5.74) is 0.570. The summed E-state index contributed by atoms with van der Waals surface area (Å²) < 4.78 is 54.2. The van der Waals surface area contributed by atoms with Gasteiger partial charge in [-0.1, -0.05) is 32.9 Å². The van der Waals surface area contributed by atoms with Crippen molar-refractivity contribution in [1.82, 2.24) is 9.78 Å². The largest absolute Gasteiger partial charge is 0.490 e. The quantitative estimate of drug-likeness (QED) is 0.438. The number of aromatic nitrogens is 2. The zero-order valence-electron chi connectivity index (χ0n) is 20.9. The molecule has 8 heteroatoms. The fraction of sp³-hybridized carbons (Fsp3) is 0.519. The van der Waals surface area contributed by atoms with Gasteiger partial charge in [0.1, 0.15) is 12.4 Å². The maximum atomic E-state index is 13.6. The molecule has 1 saturated heterocycles. The molecule has 1 aromatic heterocycles. The van der Waals surface area contributed by atoms with E-state index in [1.165, 1.54) is 6.07 Å². The fourth-order valence-corrected chi connectivity index (χ4v) is 4.33. The van der Waals surface area contributed by atoms with Crippen LogP contribution in [0.25, 0.3) is 22.0 Å². The predicted octanol–water partition coefficient (Wildman–Crippen LogP) is 6.35. The highest BCUT2D eigenvalue weighted by molar-refractivity contribution is 5.88. The highest BCUT2D eigenvalue weighted by atomic mass is 19.4. The topological polar surface area (TPSA) is 56.5 Å². The molecule has 0 unspecified atom stereocenters. The van der Waals surface area contributed by atoms with Gasteiger partial charge in [-0.3, -0.25) is 4.68 Å². The molecule has 3 aromatic rings. The molecule has 1 aliphatic heterocycles. The minimum Gasteiger partial charge on any atom is -0.490 e. The van der Waals surface area contributed by atoms with Gasteiger partial charge < -0.3 is 14.6 Å². The summed E-state index contributed by atoms with van der Waals surface area (Å²) in [4.78, 5) is 0. The van der Waals surface area contributed by atoms with E-state index < -0.39 is 17.3 Å². The van der Waals surface area contributed by atoms with Crippen LogP contribution < -0.4 is 4.74 Å². The van der Waals surface area contributed by atoms with Gasteiger partial charge >= 0.3 is 6.18 Å². The highest BCUT2D eigenvalue weighted by Crippen LogP contribution is 2.39. The lowest BCUT2D eigenvalue weighted by Crippen LogP contribution is -2.28. The molecular weight excluding hydrogens is 457 g/mol. The third-order valence-electron chi connectivity index (χ3n) is 6.06. The second kappa shape index (κ2) is 9.13. The second-order valence-corrected chi connectivity index (χ2v) is 11.0. The van der Waals surface area contributed by atoms with Gasteiger partial charge in [0.15, 0.2) is 0 Å². The number of nitrogens with zero attached hydrogens (tertiary/aromatic N) is 2. The summed E-state index contributed by atoms with van der Waals surface area (Å²) >= 11 is 0. The van der Waals surface area contributed by atoms with Crippen molar-refractivity contribution in [1.29, 1.82) is 0 Å². The molecule has 0 spiro atoms. The molecule has 0 amide bonds. The Hall–Kier alpha value is -2.58. The minimum absolute atomic E-state index is 0.0568. The summed E-state index contributed by atoms with van der Waals surface area (Å²) in [5.74, 6) is 0.278. The minimum atomic E-state index is -4.49. The number of hydrogen-bond acceptors (Lipinski definition) is 4. The standard InChI is InChI=1S/C27H33F3N2O3/c1-25(2,3)24-20-10-8-17(13-22(20)32(31-24)15-19-7-6-12-34-19)21-14-18(27(28,29)30)9-11-23(21)35-16-26(4,5)33/h8-11,13-14,19,33H,6-7,12,15-16H2,1-5H3/t19-/m1/s1. The maximum absolute atomic E-state index is 13.6. The Balaban J connectivity index is 1.85. The van der Waals surface area contributed by atoms with Crippen LogP contribution in [0.3, 0.4) is 0 Å². The van der Waals surface area contributed by atoms with E-state index in [4.69, 9.17) is 14.6 Å². The van der Waals surface area contributed by atoms with Gasteiger partial charge in [-0.15, -0.1) is 0 Å². The number of ether oxygens (including phenoxy) is 2. The molecule has 1 atom stereocenters. The average molecular weight is 491 g/mol. The summed E-state index contributed by atoms with van der Waals surface area (Å²) in [6, 6.07) is 9.02. The van der Waals surface area contributed by atoms with E-state index >= 15 is 0 Å². The predicted molar refractivity (Wildman–Crippen MR) is 130 cm³/mol. The van der Waals surface area contributed by atoms with Gasteiger partial charge in [-0.05, 0) is 56.5 Å². The van der Waals surface area contributed by atoms with Crippen molar-refractivity contribution >= 4 is 10.9 Å². The van der Waals surface area contributed by atoms with E-state index in [9.17, 15) is 18.3 Å². The number of benzene rings is 2. The van der Waals surface area contributed by atoms with Crippen LogP contribution in [-0.4, -0.2) is 39.8 Å². The molecule has 0 aliphatic carbocycles. The smallest absolute Gasteiger partial charge is 0.416 e. The van der Waals surface area contributed by atoms with Crippen LogP contribution in [0, 0.1) is 0 Å². The Bertz CT molecular complexity index is 1200. The van der Waals surface area contributed by atoms with E-state index in [0.717, 1.165) is 48.2 Å². The van der Waals surface area contributed by atoms with Crippen molar-refractivity contribution in [3.05, 3.63) is 47.7 Å². The molecule has 2 heterocycles. The van der Waals surface area contributed by atoms with Crippen LogP contribution in [-0.2, 0) is 22.9 Å². The van der Waals surface area contributed by atoms with Gasteiger partial charge in [0.05, 0.1) is 35.0 Å². The van der Waals surface area contributed by atoms with Gasteiger partial charge in [0.25, 0.3) is 0 Å². The second-order valence-electron chi connectivity index (χ2n) is 11.0. The monoisotopic (exact) mass is 490 g/mol. The van der Waals surface area contributed by atoms with Crippen LogP contribution in [0.5, 0.6) is 5.75 Å². The van der Waals surface area contributed by atoms with E-state index in [1.54, 1.807) is 13.8 Å². The number of hydrogen-bond donors (Lipinski definition) is 1. The average Bonchev–Trinajstić information content (AvgIpc) is 3.39. The molecule has 0 saturated carbocycles. The first kappa shape index (κ1) is 25.5. The Morgan fingerprint density at radius 2 is 1.83 bits per heavy atom. The fourth-order valence-electron chi connectivity index (χ4n) is 4.33. The van der Waals surface area contributed by atoms with Crippen LogP contribution in [0.15, 0.2) is 36.4 Å². The zero-order chi connectivity index (χ0) is 25.6. The molecule has 35 heavy (non-hydrogen) atoms. The van der Waals surface area contributed by atoms with Crippen molar-refractivity contribution in [2.45, 2.75) is 77.3 Å². The molecule has 1 N–H and O–H groups in total. The third kappa shape index (κ3) is 5.81. The third-order valence-corrected chi connectivity index (χ3v) is 6.06. The Morgan fingerprint density at radius 1 is 1.09 bits per heavy atom. The molecule has 4 rings (SSSR count). The number of fused-ring (bicyclic) bond motifs is 1. The van der Waals surface area contributed by atoms with Crippen LogP contribution in [0.1, 0.15) is 58.7 Å². The summed E-state index contributed by atoms with van der Waals surface area (Å²) in [7, 11) is 0. The molecule has 1 fully saturated rings. The Kier molecular flexibility index (Phi) is 6.66. The normalized spacial score (nSPS) is 17.3. The van der Waals surface area contributed by atoms with E-state index in [1.807, 2.05) is 22.9 Å². The Labute approximate surface area is 203 Å². The first-order valence-corrected chi connectivity index (χ1v) is 11.9. The number of halogens is 3. The lowest BCUT2D eigenvalue weighted by atomic mass is 9.89. The van der Waals surface area contributed by atoms with Gasteiger partial charge in [0.2, 0.25) is 0 Å². The SMILES string of the molecule is CC(C)(O)COc1ccc(C(F)(F)F)cc1-c1ccc2c(C(C)(C)C)nn(C[C@H]3CCCO3)c2c1. The van der Waals surface area contributed by atoms with Gasteiger partial charge in [-0.2, -0.15) is 18.3 Å². The molecule has 0 radical (unpaired) electrons. The number of alkyl halides is 3. The van der Waals surface area contributed by atoms with Crippen molar-refractivity contribution in [2.75, 3.05) is 13.2 Å². The van der Waals surface area contributed by atoms with Crippen molar-refractivity contribution in [2.24, 2.45) is 0 Å². The maximum Gasteiger partial charge on any atom is 0.416 e. The molecular formula is C27H33F3N2O3. The van der Waals surface area contributed by atoms with E-state index in [0.29, 0.717) is 17.7 Å². The molecule has 2 aromatic carbocycles. The van der Waals surface area contributed by atoms with Gasteiger partial charge in [-0.25, -0.2) is 0 Å². The van der Waals surface area contributed by atoms with Crippen molar-refractivity contribution < 1.29 is 27.8 Å². The number of rotatable bonds is 6. The summed E-state index contributed by atoms with van der Waals surface area (Å²) in [6.07, 6.45) is -2.47. The summed E-state index contributed by atoms with van der Waals surface area (Å²) in [5, 5.41) is 16.0. The number of aliphatic hydroxyl groups is 1. The van der Waals surface area contributed by atoms with Crippen LogP contribution in [0.2, 0.25) is 0 Å². The van der Waals surface area contributed by atoms with Crippen molar-refractivity contribution in [3.8, 4) is 16.9 Å². The van der Waals surface area contributed by atoms with E-state index in [2.05, 4.69) is 20.8 Å². The molecule has 0 bridgehead atoms.